The van der Waals surface area contributed by atoms with Gasteiger partial charge >= 0.3 is 0 Å². The quantitative estimate of drug-likeness (QED) is 0.792. The average Bonchev–Trinajstić information content (AvgIpc) is 2.69. The Morgan fingerprint density at radius 1 is 1.07 bits per heavy atom. The summed E-state index contributed by atoms with van der Waals surface area (Å²) in [6.07, 6.45) is 2.14. The summed E-state index contributed by atoms with van der Waals surface area (Å²) in [5, 5.41) is 14.5. The van der Waals surface area contributed by atoms with Crippen LogP contribution >= 0.6 is 0 Å². The van der Waals surface area contributed by atoms with E-state index in [1.165, 1.54) is 5.56 Å². The van der Waals surface area contributed by atoms with Crippen LogP contribution < -0.4 is 5.32 Å². The second-order valence-electron chi connectivity index (χ2n) is 8.01. The second-order valence-corrected chi connectivity index (χ2v) is 8.01. The number of piperidine rings is 1. The Hall–Kier alpha value is -2.17. The molecule has 0 bridgehead atoms. The van der Waals surface area contributed by atoms with E-state index in [1.807, 2.05) is 41.3 Å². The Morgan fingerprint density at radius 3 is 2.37 bits per heavy atom. The van der Waals surface area contributed by atoms with E-state index in [0.29, 0.717) is 13.0 Å². The molecule has 0 spiro atoms. The maximum Gasteiger partial charge on any atom is 0.255 e. The molecule has 0 aromatic heterocycles. The number of carbonyl (C=O) groups excluding carboxylic acids is 1. The first-order chi connectivity index (χ1) is 12.9. The van der Waals surface area contributed by atoms with Crippen molar-refractivity contribution >= 4 is 5.91 Å². The highest BCUT2D eigenvalue weighted by Crippen LogP contribution is 2.25. The van der Waals surface area contributed by atoms with Crippen molar-refractivity contribution in [2.45, 2.75) is 44.2 Å². The Kier molecular flexibility index (Phi) is 5.98. The molecule has 1 saturated heterocycles. The summed E-state index contributed by atoms with van der Waals surface area (Å²) in [4.78, 5) is 14.8. The Bertz CT molecular complexity index is 745. The predicted molar refractivity (Wildman–Crippen MR) is 108 cm³/mol. The van der Waals surface area contributed by atoms with Gasteiger partial charge in [-0.15, -0.1) is 0 Å². The lowest BCUT2D eigenvalue weighted by Crippen LogP contribution is -2.60. The molecule has 2 aromatic rings. The van der Waals surface area contributed by atoms with E-state index in [-0.39, 0.29) is 18.0 Å². The lowest BCUT2D eigenvalue weighted by atomic mass is 9.88. The summed E-state index contributed by atoms with van der Waals surface area (Å²) >= 11 is 0. The van der Waals surface area contributed by atoms with Crippen molar-refractivity contribution in [3.05, 3.63) is 71.8 Å². The Labute approximate surface area is 162 Å². The van der Waals surface area contributed by atoms with Crippen LogP contribution in [0.2, 0.25) is 0 Å². The van der Waals surface area contributed by atoms with Crippen molar-refractivity contribution in [1.82, 2.24) is 10.2 Å². The van der Waals surface area contributed by atoms with E-state index < -0.39 is 5.60 Å². The van der Waals surface area contributed by atoms with Crippen molar-refractivity contribution < 1.29 is 9.90 Å². The van der Waals surface area contributed by atoms with Gasteiger partial charge in [0.25, 0.3) is 5.91 Å². The zero-order valence-electron chi connectivity index (χ0n) is 16.3. The van der Waals surface area contributed by atoms with Gasteiger partial charge in [0.05, 0.1) is 0 Å². The van der Waals surface area contributed by atoms with Crippen LogP contribution in [0.15, 0.2) is 60.7 Å². The fraction of sp³-hybridized carbons (Fsp3) is 0.435. The van der Waals surface area contributed by atoms with Crippen LogP contribution in [-0.2, 0) is 16.8 Å². The molecule has 1 aliphatic heterocycles. The van der Waals surface area contributed by atoms with Gasteiger partial charge in [0.1, 0.15) is 0 Å². The van der Waals surface area contributed by atoms with E-state index in [0.717, 1.165) is 24.9 Å². The molecule has 2 N–H and O–H groups in total. The molecule has 1 heterocycles. The molecule has 1 aliphatic rings. The minimum absolute atomic E-state index is 0.152. The van der Waals surface area contributed by atoms with Gasteiger partial charge in [-0.05, 0) is 44.2 Å². The van der Waals surface area contributed by atoms with Crippen molar-refractivity contribution in [1.29, 1.82) is 0 Å². The monoisotopic (exact) mass is 366 g/mol. The van der Waals surface area contributed by atoms with Crippen LogP contribution in [0, 0.1) is 0 Å². The molecule has 3 rings (SSSR count). The Morgan fingerprint density at radius 2 is 1.70 bits per heavy atom. The van der Waals surface area contributed by atoms with Gasteiger partial charge in [0.15, 0.2) is 5.60 Å². The number of aliphatic hydroxyl groups is 1. The average molecular weight is 367 g/mol. The standard InChI is InChI=1S/C23H30N2O2/c1-22(2,20-12-7-4-8-13-20)24-18-23(27)15-9-16-25(21(23)26)17-14-19-10-5-3-6-11-19/h3-8,10-13,24,27H,9,14-18H2,1-2H3/t23-/m0/s1. The predicted octanol–water partition coefficient (Wildman–Crippen LogP) is 3.11. The maximum atomic E-state index is 13.0. The first-order valence-corrected chi connectivity index (χ1v) is 9.77. The molecule has 1 atom stereocenters. The van der Waals surface area contributed by atoms with E-state index in [4.69, 9.17) is 0 Å². The minimum atomic E-state index is -1.33. The summed E-state index contributed by atoms with van der Waals surface area (Å²) in [6, 6.07) is 20.3. The van der Waals surface area contributed by atoms with E-state index in [9.17, 15) is 9.90 Å². The fourth-order valence-electron chi connectivity index (χ4n) is 3.68. The highest BCUT2D eigenvalue weighted by atomic mass is 16.3. The fourth-order valence-corrected chi connectivity index (χ4v) is 3.68. The van der Waals surface area contributed by atoms with Gasteiger partial charge in [-0.3, -0.25) is 4.79 Å². The zero-order chi connectivity index (χ0) is 19.3. The number of amides is 1. The highest BCUT2D eigenvalue weighted by Gasteiger charge is 2.42. The SMILES string of the molecule is CC(C)(NC[C@@]1(O)CCCN(CCc2ccccc2)C1=O)c1ccccc1. The van der Waals surface area contributed by atoms with Crippen molar-refractivity contribution in [2.75, 3.05) is 19.6 Å². The van der Waals surface area contributed by atoms with Crippen LogP contribution in [-0.4, -0.2) is 41.1 Å². The molecule has 27 heavy (non-hydrogen) atoms. The lowest BCUT2D eigenvalue weighted by Gasteiger charge is -2.40. The highest BCUT2D eigenvalue weighted by molar-refractivity contribution is 5.86. The molecule has 144 valence electrons. The molecule has 4 heteroatoms. The molecule has 1 fully saturated rings. The normalized spacial score (nSPS) is 20.7. The summed E-state index contributed by atoms with van der Waals surface area (Å²) in [5.41, 5.74) is 0.699. The molecule has 1 amide bonds. The van der Waals surface area contributed by atoms with Gasteiger partial charge in [-0.1, -0.05) is 60.7 Å². The molecule has 0 saturated carbocycles. The van der Waals surface area contributed by atoms with Crippen molar-refractivity contribution in [2.24, 2.45) is 0 Å². The number of hydrogen-bond acceptors (Lipinski definition) is 3. The zero-order valence-corrected chi connectivity index (χ0v) is 16.3. The van der Waals surface area contributed by atoms with Gasteiger partial charge < -0.3 is 15.3 Å². The Balaban J connectivity index is 1.61. The van der Waals surface area contributed by atoms with Crippen LogP contribution in [0.5, 0.6) is 0 Å². The lowest BCUT2D eigenvalue weighted by molar-refractivity contribution is -0.156. The summed E-state index contributed by atoms with van der Waals surface area (Å²) in [7, 11) is 0. The summed E-state index contributed by atoms with van der Waals surface area (Å²) < 4.78 is 0. The number of carbonyl (C=O) groups is 1. The van der Waals surface area contributed by atoms with E-state index >= 15 is 0 Å². The third-order valence-electron chi connectivity index (χ3n) is 5.54. The van der Waals surface area contributed by atoms with E-state index in [1.54, 1.807) is 0 Å². The molecular weight excluding hydrogens is 336 g/mol. The van der Waals surface area contributed by atoms with Crippen LogP contribution in [0.4, 0.5) is 0 Å². The van der Waals surface area contributed by atoms with Gasteiger partial charge in [0, 0.05) is 25.2 Å². The summed E-state index contributed by atoms with van der Waals surface area (Å²) in [6.45, 7) is 5.77. The third-order valence-corrected chi connectivity index (χ3v) is 5.54. The van der Waals surface area contributed by atoms with Crippen LogP contribution in [0.3, 0.4) is 0 Å². The van der Waals surface area contributed by atoms with Gasteiger partial charge in [-0.2, -0.15) is 0 Å². The minimum Gasteiger partial charge on any atom is -0.379 e. The smallest absolute Gasteiger partial charge is 0.255 e. The van der Waals surface area contributed by atoms with Crippen LogP contribution in [0.1, 0.15) is 37.8 Å². The molecule has 0 aliphatic carbocycles. The number of benzene rings is 2. The number of nitrogens with one attached hydrogen (secondary N) is 1. The third kappa shape index (κ3) is 4.76. The number of hydrogen-bond donors (Lipinski definition) is 2. The topological polar surface area (TPSA) is 52.6 Å². The van der Waals surface area contributed by atoms with Crippen molar-refractivity contribution in [3.8, 4) is 0 Å². The molecular formula is C23H30N2O2. The molecule has 0 unspecified atom stereocenters. The maximum absolute atomic E-state index is 13.0. The number of rotatable bonds is 7. The number of likely N-dealkylation sites (tertiary alicyclic amines) is 1. The molecule has 4 nitrogen and oxygen atoms in total. The van der Waals surface area contributed by atoms with Crippen LogP contribution in [0.25, 0.3) is 0 Å². The first-order valence-electron chi connectivity index (χ1n) is 9.77. The first kappa shape index (κ1) is 19.6. The van der Waals surface area contributed by atoms with Gasteiger partial charge in [-0.25, -0.2) is 0 Å². The molecule has 0 radical (unpaired) electrons. The van der Waals surface area contributed by atoms with Gasteiger partial charge in [0.2, 0.25) is 0 Å². The number of nitrogens with zero attached hydrogens (tertiary/aromatic N) is 1. The summed E-state index contributed by atoms with van der Waals surface area (Å²) in [5.74, 6) is -0.152. The largest absolute Gasteiger partial charge is 0.379 e. The van der Waals surface area contributed by atoms with E-state index in [2.05, 4.69) is 43.4 Å². The second kappa shape index (κ2) is 8.24. The van der Waals surface area contributed by atoms with Crippen molar-refractivity contribution in [3.63, 3.8) is 0 Å². The molecule has 2 aromatic carbocycles.